The first-order valence-electron chi connectivity index (χ1n) is 8.87. The molecular formula is C19H19N3O5S. The van der Waals surface area contributed by atoms with Gasteiger partial charge in [0, 0.05) is 11.2 Å². The molecule has 2 amide bonds. The number of benzene rings is 1. The molecule has 8 nitrogen and oxygen atoms in total. The van der Waals surface area contributed by atoms with Gasteiger partial charge in [-0.25, -0.2) is 4.79 Å². The highest BCUT2D eigenvalue weighted by atomic mass is 32.1. The summed E-state index contributed by atoms with van der Waals surface area (Å²) in [6.45, 7) is 0.404. The van der Waals surface area contributed by atoms with Crippen LogP contribution in [-0.2, 0) is 14.3 Å². The maximum absolute atomic E-state index is 13.1. The molecular weight excluding hydrogens is 382 g/mol. The summed E-state index contributed by atoms with van der Waals surface area (Å²) in [5, 5.41) is 16.0. The number of carboxylic acids is 1. The minimum atomic E-state index is -1.14. The number of thiophene rings is 1. The number of amides is 2. The molecule has 0 unspecified atom stereocenters. The Bertz CT molecular complexity index is 923. The summed E-state index contributed by atoms with van der Waals surface area (Å²) in [7, 11) is 0. The van der Waals surface area contributed by atoms with E-state index in [-0.39, 0.29) is 19.2 Å². The molecule has 9 heteroatoms. The first-order chi connectivity index (χ1) is 13.5. The maximum Gasteiger partial charge on any atom is 0.330 e. The number of nitrogens with zero attached hydrogens (tertiary/aromatic N) is 2. The van der Waals surface area contributed by atoms with Crippen molar-refractivity contribution in [2.75, 3.05) is 19.9 Å². The molecule has 1 aromatic carbocycles. The Labute approximate surface area is 164 Å². The number of nitrogens with one attached hydrogen (secondary N) is 1. The van der Waals surface area contributed by atoms with Gasteiger partial charge in [0.25, 0.3) is 11.8 Å². The molecule has 0 aliphatic carbocycles. The molecule has 0 spiro atoms. The molecule has 1 fully saturated rings. The number of aliphatic carboxylic acids is 1. The number of hydrazine groups is 1. The number of hydrogen-bond donors (Lipinski definition) is 2. The van der Waals surface area contributed by atoms with Crippen molar-refractivity contribution in [1.29, 1.82) is 0 Å². The van der Waals surface area contributed by atoms with Gasteiger partial charge in [-0.3, -0.25) is 14.6 Å². The fourth-order valence-electron chi connectivity index (χ4n) is 3.34. The topological polar surface area (TPSA) is 99.2 Å². The smallest absolute Gasteiger partial charge is 0.330 e. The number of carbonyl (C=O) groups excluding carboxylic acids is 2. The van der Waals surface area contributed by atoms with Crippen LogP contribution in [0.3, 0.4) is 0 Å². The number of carboxylic acid groups (broad SMARTS) is 1. The van der Waals surface area contributed by atoms with E-state index < -0.39 is 24.0 Å². The van der Waals surface area contributed by atoms with E-state index in [1.54, 1.807) is 11.1 Å². The van der Waals surface area contributed by atoms with Gasteiger partial charge in [0.15, 0.2) is 6.04 Å². The average Bonchev–Trinajstić information content (AvgIpc) is 3.12. The predicted molar refractivity (Wildman–Crippen MR) is 103 cm³/mol. The molecule has 2 N–H and O–H groups in total. The van der Waals surface area contributed by atoms with E-state index in [0.29, 0.717) is 17.8 Å². The summed E-state index contributed by atoms with van der Waals surface area (Å²) in [5.41, 5.74) is 0. The largest absolute Gasteiger partial charge is 0.480 e. The van der Waals surface area contributed by atoms with E-state index in [2.05, 4.69) is 5.32 Å². The molecule has 0 saturated carbocycles. The Hall–Kier alpha value is -2.75. The average molecular weight is 401 g/mol. The summed E-state index contributed by atoms with van der Waals surface area (Å²) in [5.74, 6) is -1.94. The fraction of sp³-hybridized carbons (Fsp3) is 0.316. The van der Waals surface area contributed by atoms with Crippen LogP contribution >= 0.6 is 11.3 Å². The minimum absolute atomic E-state index is 0.0851. The van der Waals surface area contributed by atoms with Crippen LogP contribution < -0.4 is 5.32 Å². The predicted octanol–water partition coefficient (Wildman–Crippen LogP) is 1.45. The van der Waals surface area contributed by atoms with Crippen molar-refractivity contribution < 1.29 is 24.2 Å². The molecule has 28 heavy (non-hydrogen) atoms. The maximum atomic E-state index is 13.1. The Balaban J connectivity index is 1.58. The van der Waals surface area contributed by atoms with Crippen LogP contribution in [0.15, 0.2) is 42.5 Å². The quantitative estimate of drug-likeness (QED) is 0.756. The highest BCUT2D eigenvalue weighted by Gasteiger charge is 2.41. The van der Waals surface area contributed by atoms with E-state index in [1.807, 2.05) is 36.4 Å². The number of fused-ring (bicyclic) bond motifs is 2. The molecule has 1 saturated heterocycles. The molecule has 2 aromatic rings. The molecule has 4 rings (SSSR count). The third kappa shape index (κ3) is 3.51. The lowest BCUT2D eigenvalue weighted by Crippen LogP contribution is -2.65. The third-order valence-electron chi connectivity index (χ3n) is 4.73. The molecule has 0 bridgehead atoms. The van der Waals surface area contributed by atoms with Crippen molar-refractivity contribution in [2.45, 2.75) is 18.5 Å². The standard InChI is InChI=1S/C19H19N3O5S/c23-17(16-9-12-5-1-2-7-15(12)28-16)20-13-6-3-4-8-21-11-27-10-14(19(25)26)22(21)18(13)24/h1-5,7,9,13-14H,6,8,10-11H2,(H,20,23)(H,25,26)/b4-3-/t13-,14+/m0/s1. The van der Waals surface area contributed by atoms with Crippen LogP contribution in [0, 0.1) is 0 Å². The summed E-state index contributed by atoms with van der Waals surface area (Å²) in [4.78, 5) is 38.0. The molecule has 3 heterocycles. The second-order valence-electron chi connectivity index (χ2n) is 6.61. The first kappa shape index (κ1) is 18.6. The monoisotopic (exact) mass is 401 g/mol. The van der Waals surface area contributed by atoms with Gasteiger partial charge in [-0.05, 0) is 23.9 Å². The molecule has 0 radical (unpaired) electrons. The normalized spacial score (nSPS) is 24.3. The van der Waals surface area contributed by atoms with Crippen molar-refractivity contribution >= 4 is 39.2 Å². The van der Waals surface area contributed by atoms with Gasteiger partial charge in [0.05, 0.1) is 11.5 Å². The zero-order valence-corrected chi connectivity index (χ0v) is 15.7. The van der Waals surface area contributed by atoms with Gasteiger partial charge >= 0.3 is 5.97 Å². The lowest BCUT2D eigenvalue weighted by Gasteiger charge is -2.43. The summed E-state index contributed by atoms with van der Waals surface area (Å²) < 4.78 is 6.30. The van der Waals surface area contributed by atoms with E-state index in [9.17, 15) is 19.5 Å². The zero-order chi connectivity index (χ0) is 19.7. The Morgan fingerprint density at radius 2 is 2.07 bits per heavy atom. The molecule has 2 aliphatic heterocycles. The second-order valence-corrected chi connectivity index (χ2v) is 7.69. The SMILES string of the molecule is O=C(N[C@H]1C/C=C\CN2COC[C@H](C(=O)O)N2C1=O)c1cc2ccccc2s1. The minimum Gasteiger partial charge on any atom is -0.480 e. The number of carbonyl (C=O) groups is 3. The highest BCUT2D eigenvalue weighted by molar-refractivity contribution is 7.20. The first-order valence-corrected chi connectivity index (χ1v) is 9.69. The molecule has 146 valence electrons. The van der Waals surface area contributed by atoms with Crippen molar-refractivity contribution in [1.82, 2.24) is 15.3 Å². The van der Waals surface area contributed by atoms with Crippen molar-refractivity contribution in [3.05, 3.63) is 47.4 Å². The van der Waals surface area contributed by atoms with Crippen LogP contribution in [0.1, 0.15) is 16.1 Å². The van der Waals surface area contributed by atoms with Gasteiger partial charge < -0.3 is 15.2 Å². The van der Waals surface area contributed by atoms with Crippen LogP contribution in [0.5, 0.6) is 0 Å². The van der Waals surface area contributed by atoms with Gasteiger partial charge in [-0.15, -0.1) is 11.3 Å². The molecule has 1 aromatic heterocycles. The number of rotatable bonds is 3. The fourth-order valence-corrected chi connectivity index (χ4v) is 4.31. The van der Waals surface area contributed by atoms with Gasteiger partial charge in [-0.2, -0.15) is 5.01 Å². The van der Waals surface area contributed by atoms with E-state index in [1.165, 1.54) is 16.3 Å². The van der Waals surface area contributed by atoms with Crippen molar-refractivity contribution in [3.8, 4) is 0 Å². The van der Waals surface area contributed by atoms with Crippen molar-refractivity contribution in [2.24, 2.45) is 0 Å². The lowest BCUT2D eigenvalue weighted by molar-refractivity contribution is -0.206. The van der Waals surface area contributed by atoms with Gasteiger partial charge in [0.1, 0.15) is 12.8 Å². The van der Waals surface area contributed by atoms with Gasteiger partial charge in [-0.1, -0.05) is 30.4 Å². The van der Waals surface area contributed by atoms with Crippen LogP contribution in [0.25, 0.3) is 10.1 Å². The van der Waals surface area contributed by atoms with E-state index in [0.717, 1.165) is 10.1 Å². The van der Waals surface area contributed by atoms with Gasteiger partial charge in [0.2, 0.25) is 0 Å². The molecule has 2 aliphatic rings. The van der Waals surface area contributed by atoms with Crippen LogP contribution in [-0.4, -0.2) is 64.9 Å². The lowest BCUT2D eigenvalue weighted by atomic mass is 10.1. The summed E-state index contributed by atoms with van der Waals surface area (Å²) in [6, 6.07) is 7.49. The Kier molecular flexibility index (Phi) is 5.12. The second kappa shape index (κ2) is 7.70. The van der Waals surface area contributed by atoms with E-state index >= 15 is 0 Å². The van der Waals surface area contributed by atoms with Crippen LogP contribution in [0.2, 0.25) is 0 Å². The zero-order valence-electron chi connectivity index (χ0n) is 14.9. The number of hydrogen-bond acceptors (Lipinski definition) is 6. The summed E-state index contributed by atoms with van der Waals surface area (Å²) in [6.07, 6.45) is 3.95. The summed E-state index contributed by atoms with van der Waals surface area (Å²) >= 11 is 1.35. The Morgan fingerprint density at radius 1 is 1.25 bits per heavy atom. The van der Waals surface area contributed by atoms with Crippen molar-refractivity contribution in [3.63, 3.8) is 0 Å². The Morgan fingerprint density at radius 3 is 2.86 bits per heavy atom. The van der Waals surface area contributed by atoms with Crippen LogP contribution in [0.4, 0.5) is 0 Å². The third-order valence-corrected chi connectivity index (χ3v) is 5.85. The number of ether oxygens (including phenoxy) is 1. The highest BCUT2D eigenvalue weighted by Crippen LogP contribution is 2.25. The van der Waals surface area contributed by atoms with E-state index in [4.69, 9.17) is 4.74 Å². The molecule has 2 atom stereocenters.